The molecule has 0 aliphatic carbocycles. The molecular formula is C16H14BrFO2. The van der Waals surface area contributed by atoms with Crippen molar-refractivity contribution in [2.24, 2.45) is 0 Å². The van der Waals surface area contributed by atoms with Crippen LogP contribution in [0.4, 0.5) is 4.39 Å². The van der Waals surface area contributed by atoms with Gasteiger partial charge in [0.1, 0.15) is 5.82 Å². The number of benzene rings is 2. The Morgan fingerprint density at radius 1 is 1.20 bits per heavy atom. The SMILES string of the molecule is CCOC(=O)c1ccc(-c2ccc(F)cc2)c(CBr)c1. The molecule has 0 N–H and O–H groups in total. The lowest BCUT2D eigenvalue weighted by molar-refractivity contribution is 0.0526. The molecule has 0 bridgehead atoms. The highest BCUT2D eigenvalue weighted by Gasteiger charge is 2.11. The first-order valence-electron chi connectivity index (χ1n) is 6.27. The van der Waals surface area contributed by atoms with Gasteiger partial charge in [0, 0.05) is 5.33 Å². The Balaban J connectivity index is 2.40. The maximum absolute atomic E-state index is 13.0. The summed E-state index contributed by atoms with van der Waals surface area (Å²) < 4.78 is 18.0. The van der Waals surface area contributed by atoms with Crippen molar-refractivity contribution in [3.05, 3.63) is 59.4 Å². The quantitative estimate of drug-likeness (QED) is 0.604. The molecule has 4 heteroatoms. The normalized spacial score (nSPS) is 10.3. The maximum Gasteiger partial charge on any atom is 0.338 e. The molecule has 0 aromatic heterocycles. The van der Waals surface area contributed by atoms with Crippen LogP contribution in [0.25, 0.3) is 11.1 Å². The minimum Gasteiger partial charge on any atom is -0.462 e. The van der Waals surface area contributed by atoms with E-state index in [4.69, 9.17) is 4.74 Å². The van der Waals surface area contributed by atoms with Crippen molar-refractivity contribution in [1.82, 2.24) is 0 Å². The molecule has 2 aromatic carbocycles. The molecule has 0 amide bonds. The number of hydrogen-bond acceptors (Lipinski definition) is 2. The van der Waals surface area contributed by atoms with Gasteiger partial charge in [-0.3, -0.25) is 0 Å². The van der Waals surface area contributed by atoms with Gasteiger partial charge in [0.2, 0.25) is 0 Å². The summed E-state index contributed by atoms with van der Waals surface area (Å²) in [4.78, 5) is 11.7. The largest absolute Gasteiger partial charge is 0.462 e. The van der Waals surface area contributed by atoms with Gasteiger partial charge in [0.05, 0.1) is 12.2 Å². The number of esters is 1. The first-order chi connectivity index (χ1) is 9.65. The molecule has 0 radical (unpaired) electrons. The van der Waals surface area contributed by atoms with Gasteiger partial charge in [-0.15, -0.1) is 0 Å². The van der Waals surface area contributed by atoms with Crippen LogP contribution in [-0.2, 0) is 10.1 Å². The standard InChI is InChI=1S/C16H14BrFO2/c1-2-20-16(19)12-5-8-15(13(9-12)10-17)11-3-6-14(18)7-4-11/h3-9H,2,10H2,1H3. The summed E-state index contributed by atoms with van der Waals surface area (Å²) in [6.07, 6.45) is 0. The second-order valence-electron chi connectivity index (χ2n) is 4.23. The Morgan fingerprint density at radius 2 is 1.90 bits per heavy atom. The molecule has 0 aliphatic heterocycles. The number of alkyl halides is 1. The molecule has 0 saturated heterocycles. The fraction of sp³-hybridized carbons (Fsp3) is 0.188. The molecule has 0 unspecified atom stereocenters. The summed E-state index contributed by atoms with van der Waals surface area (Å²) >= 11 is 3.42. The summed E-state index contributed by atoms with van der Waals surface area (Å²) in [5.41, 5.74) is 3.36. The molecule has 0 heterocycles. The van der Waals surface area contributed by atoms with Gasteiger partial charge in [-0.05, 0) is 47.9 Å². The van der Waals surface area contributed by atoms with Crippen molar-refractivity contribution in [3.63, 3.8) is 0 Å². The molecule has 104 valence electrons. The van der Waals surface area contributed by atoms with Gasteiger partial charge in [0.15, 0.2) is 0 Å². The number of ether oxygens (including phenoxy) is 1. The van der Waals surface area contributed by atoms with Crippen LogP contribution >= 0.6 is 15.9 Å². The van der Waals surface area contributed by atoms with E-state index in [0.29, 0.717) is 17.5 Å². The van der Waals surface area contributed by atoms with Gasteiger partial charge in [0.25, 0.3) is 0 Å². The Bertz CT molecular complexity index is 608. The predicted octanol–water partition coefficient (Wildman–Crippen LogP) is 4.56. The minimum absolute atomic E-state index is 0.266. The van der Waals surface area contributed by atoms with E-state index < -0.39 is 0 Å². The molecule has 0 spiro atoms. The van der Waals surface area contributed by atoms with Crippen LogP contribution in [0.3, 0.4) is 0 Å². The summed E-state index contributed by atoms with van der Waals surface area (Å²) in [6.45, 7) is 2.12. The molecule has 2 aromatic rings. The highest BCUT2D eigenvalue weighted by atomic mass is 79.9. The number of carbonyl (C=O) groups is 1. The Kier molecular flexibility index (Phi) is 4.90. The maximum atomic E-state index is 13.0. The lowest BCUT2D eigenvalue weighted by Gasteiger charge is -2.10. The number of rotatable bonds is 4. The van der Waals surface area contributed by atoms with Crippen molar-refractivity contribution in [2.45, 2.75) is 12.3 Å². The van der Waals surface area contributed by atoms with Crippen molar-refractivity contribution in [2.75, 3.05) is 6.61 Å². The summed E-state index contributed by atoms with van der Waals surface area (Å²) in [5, 5.41) is 0.604. The van der Waals surface area contributed by atoms with Crippen molar-refractivity contribution in [1.29, 1.82) is 0 Å². The summed E-state index contributed by atoms with van der Waals surface area (Å²) in [5.74, 6) is -0.599. The van der Waals surface area contributed by atoms with Crippen LogP contribution in [0, 0.1) is 5.82 Å². The zero-order valence-corrected chi connectivity index (χ0v) is 12.6. The summed E-state index contributed by atoms with van der Waals surface area (Å²) in [6, 6.07) is 11.7. The van der Waals surface area contributed by atoms with E-state index in [-0.39, 0.29) is 11.8 Å². The molecular weight excluding hydrogens is 323 g/mol. The molecule has 0 saturated carbocycles. The fourth-order valence-corrected chi connectivity index (χ4v) is 2.42. The zero-order chi connectivity index (χ0) is 14.5. The number of carbonyl (C=O) groups excluding carboxylic acids is 1. The molecule has 0 aliphatic rings. The van der Waals surface area contributed by atoms with E-state index in [0.717, 1.165) is 16.7 Å². The van der Waals surface area contributed by atoms with E-state index in [9.17, 15) is 9.18 Å². The lowest BCUT2D eigenvalue weighted by atomic mass is 9.98. The molecule has 0 fully saturated rings. The highest BCUT2D eigenvalue weighted by Crippen LogP contribution is 2.27. The molecule has 0 atom stereocenters. The van der Waals surface area contributed by atoms with Crippen LogP contribution in [-0.4, -0.2) is 12.6 Å². The topological polar surface area (TPSA) is 26.3 Å². The second-order valence-corrected chi connectivity index (χ2v) is 4.79. The van der Waals surface area contributed by atoms with E-state index in [1.54, 1.807) is 31.2 Å². The molecule has 2 rings (SSSR count). The monoisotopic (exact) mass is 336 g/mol. The van der Waals surface area contributed by atoms with Gasteiger partial charge in [-0.1, -0.05) is 34.1 Å². The predicted molar refractivity (Wildman–Crippen MR) is 80.4 cm³/mol. The first kappa shape index (κ1) is 14.7. The van der Waals surface area contributed by atoms with Crippen molar-refractivity contribution in [3.8, 4) is 11.1 Å². The van der Waals surface area contributed by atoms with Crippen LogP contribution in [0.5, 0.6) is 0 Å². The van der Waals surface area contributed by atoms with Gasteiger partial charge in [-0.2, -0.15) is 0 Å². The third-order valence-electron chi connectivity index (χ3n) is 2.92. The third kappa shape index (κ3) is 3.25. The van der Waals surface area contributed by atoms with E-state index >= 15 is 0 Å². The smallest absolute Gasteiger partial charge is 0.338 e. The van der Waals surface area contributed by atoms with Gasteiger partial charge in [-0.25, -0.2) is 9.18 Å². The highest BCUT2D eigenvalue weighted by molar-refractivity contribution is 9.08. The van der Waals surface area contributed by atoms with Gasteiger partial charge < -0.3 is 4.74 Å². The fourth-order valence-electron chi connectivity index (χ4n) is 1.96. The van der Waals surface area contributed by atoms with Crippen molar-refractivity contribution < 1.29 is 13.9 Å². The number of hydrogen-bond donors (Lipinski definition) is 0. The van der Waals surface area contributed by atoms with E-state index in [1.165, 1.54) is 12.1 Å². The summed E-state index contributed by atoms with van der Waals surface area (Å²) in [7, 11) is 0. The minimum atomic E-state index is -0.333. The van der Waals surface area contributed by atoms with Crippen molar-refractivity contribution >= 4 is 21.9 Å². The lowest BCUT2D eigenvalue weighted by Crippen LogP contribution is -2.05. The van der Waals surface area contributed by atoms with Crippen LogP contribution in [0.2, 0.25) is 0 Å². The average molecular weight is 337 g/mol. The van der Waals surface area contributed by atoms with Crippen LogP contribution < -0.4 is 0 Å². The second kappa shape index (κ2) is 6.66. The van der Waals surface area contributed by atoms with E-state index in [2.05, 4.69) is 15.9 Å². The zero-order valence-electron chi connectivity index (χ0n) is 11.0. The Labute approximate surface area is 125 Å². The Morgan fingerprint density at radius 3 is 2.50 bits per heavy atom. The van der Waals surface area contributed by atoms with Crippen LogP contribution in [0.15, 0.2) is 42.5 Å². The van der Waals surface area contributed by atoms with Crippen LogP contribution in [0.1, 0.15) is 22.8 Å². The number of halogens is 2. The third-order valence-corrected chi connectivity index (χ3v) is 3.52. The average Bonchev–Trinajstić information content (AvgIpc) is 2.47. The molecule has 20 heavy (non-hydrogen) atoms. The first-order valence-corrected chi connectivity index (χ1v) is 7.39. The Hall–Kier alpha value is -1.68. The van der Waals surface area contributed by atoms with Gasteiger partial charge >= 0.3 is 5.97 Å². The van der Waals surface area contributed by atoms with E-state index in [1.807, 2.05) is 6.07 Å². The molecule has 2 nitrogen and oxygen atoms in total.